The molecule has 156 valence electrons. The average molecular weight is 433 g/mol. The summed E-state index contributed by atoms with van der Waals surface area (Å²) in [4.78, 5) is 4.97. The van der Waals surface area contributed by atoms with E-state index in [2.05, 4.69) is 46.2 Å². The van der Waals surface area contributed by atoms with Gasteiger partial charge in [-0.25, -0.2) is 0 Å². The molecule has 4 rings (SSSR count). The summed E-state index contributed by atoms with van der Waals surface area (Å²) in [5, 5.41) is 0.799. The van der Waals surface area contributed by atoms with Gasteiger partial charge in [0.25, 0.3) is 0 Å². The van der Waals surface area contributed by atoms with Crippen molar-refractivity contribution in [3.05, 3.63) is 64.7 Å². The van der Waals surface area contributed by atoms with Gasteiger partial charge >= 0.3 is 0 Å². The van der Waals surface area contributed by atoms with Crippen molar-refractivity contribution in [1.29, 1.82) is 0 Å². The standard InChI is InChI=1S/C23H29ClN2O2S/c24-21-5-3-20(4-6-21)23-18-29-16-12-26(23)17-19-1-7-22(8-2-19)28-15-11-25-9-13-27-14-10-25/h1-8,23H,9-18H2. The number of hydrogen-bond donors (Lipinski definition) is 0. The number of halogens is 1. The van der Waals surface area contributed by atoms with Gasteiger partial charge in [-0.15, -0.1) is 0 Å². The molecule has 0 radical (unpaired) electrons. The van der Waals surface area contributed by atoms with E-state index < -0.39 is 0 Å². The van der Waals surface area contributed by atoms with Crippen LogP contribution >= 0.6 is 23.4 Å². The van der Waals surface area contributed by atoms with Crippen molar-refractivity contribution in [2.75, 3.05) is 57.5 Å². The molecule has 2 aliphatic rings. The maximum absolute atomic E-state index is 6.07. The van der Waals surface area contributed by atoms with Gasteiger partial charge in [0.2, 0.25) is 0 Å². The number of ether oxygens (including phenoxy) is 2. The molecule has 0 amide bonds. The van der Waals surface area contributed by atoms with Gasteiger partial charge in [0.1, 0.15) is 12.4 Å². The fraction of sp³-hybridized carbons (Fsp3) is 0.478. The average Bonchev–Trinajstić information content (AvgIpc) is 2.77. The third-order valence-electron chi connectivity index (χ3n) is 5.58. The first-order chi connectivity index (χ1) is 14.3. The van der Waals surface area contributed by atoms with Crippen molar-refractivity contribution in [2.24, 2.45) is 0 Å². The predicted octanol–water partition coefficient (Wildman–Crippen LogP) is 4.34. The summed E-state index contributed by atoms with van der Waals surface area (Å²) >= 11 is 8.11. The second-order valence-corrected chi connectivity index (χ2v) is 9.15. The first-order valence-electron chi connectivity index (χ1n) is 10.4. The lowest BCUT2D eigenvalue weighted by Gasteiger charge is -2.35. The molecule has 6 heteroatoms. The molecule has 0 saturated carbocycles. The van der Waals surface area contributed by atoms with Gasteiger partial charge in [-0.3, -0.25) is 9.80 Å². The number of hydrogen-bond acceptors (Lipinski definition) is 5. The van der Waals surface area contributed by atoms with Crippen LogP contribution < -0.4 is 4.74 Å². The number of benzene rings is 2. The lowest BCUT2D eigenvalue weighted by molar-refractivity contribution is 0.0322. The molecule has 0 N–H and O–H groups in total. The molecule has 2 aliphatic heterocycles. The zero-order valence-electron chi connectivity index (χ0n) is 16.8. The van der Waals surface area contributed by atoms with Crippen LogP contribution in [0, 0.1) is 0 Å². The van der Waals surface area contributed by atoms with Gasteiger partial charge in [0.05, 0.1) is 13.2 Å². The fourth-order valence-electron chi connectivity index (χ4n) is 3.86. The first kappa shape index (κ1) is 21.0. The van der Waals surface area contributed by atoms with Gasteiger partial charge in [0.15, 0.2) is 0 Å². The molecule has 1 unspecified atom stereocenters. The van der Waals surface area contributed by atoms with Crippen molar-refractivity contribution in [3.63, 3.8) is 0 Å². The van der Waals surface area contributed by atoms with Crippen LogP contribution in [0.25, 0.3) is 0 Å². The minimum Gasteiger partial charge on any atom is -0.492 e. The number of morpholine rings is 1. The maximum Gasteiger partial charge on any atom is 0.119 e. The minimum atomic E-state index is 0.440. The third kappa shape index (κ3) is 6.12. The normalized spacial score (nSPS) is 21.2. The molecule has 0 aliphatic carbocycles. The lowest BCUT2D eigenvalue weighted by Crippen LogP contribution is -2.38. The first-order valence-corrected chi connectivity index (χ1v) is 11.9. The van der Waals surface area contributed by atoms with E-state index in [-0.39, 0.29) is 0 Å². The fourth-order valence-corrected chi connectivity index (χ4v) is 5.14. The molecule has 1 atom stereocenters. The largest absolute Gasteiger partial charge is 0.492 e. The van der Waals surface area contributed by atoms with Crippen LogP contribution in [-0.4, -0.2) is 67.3 Å². The van der Waals surface area contributed by atoms with E-state index in [1.54, 1.807) is 0 Å². The topological polar surface area (TPSA) is 24.9 Å². The highest BCUT2D eigenvalue weighted by atomic mass is 35.5. The Bertz CT molecular complexity index is 750. The summed E-state index contributed by atoms with van der Waals surface area (Å²) in [6.45, 7) is 7.43. The van der Waals surface area contributed by atoms with Crippen LogP contribution in [0.4, 0.5) is 0 Å². The van der Waals surface area contributed by atoms with Crippen molar-refractivity contribution in [3.8, 4) is 5.75 Å². The Balaban J connectivity index is 1.30. The smallest absolute Gasteiger partial charge is 0.119 e. The highest BCUT2D eigenvalue weighted by Gasteiger charge is 2.24. The number of nitrogens with zero attached hydrogens (tertiary/aromatic N) is 2. The Morgan fingerprint density at radius 3 is 2.52 bits per heavy atom. The molecular weight excluding hydrogens is 404 g/mol. The van der Waals surface area contributed by atoms with Crippen LogP contribution in [-0.2, 0) is 11.3 Å². The van der Waals surface area contributed by atoms with E-state index in [9.17, 15) is 0 Å². The van der Waals surface area contributed by atoms with E-state index in [0.29, 0.717) is 6.04 Å². The molecular formula is C23H29ClN2O2S. The maximum atomic E-state index is 6.07. The lowest BCUT2D eigenvalue weighted by atomic mass is 10.1. The summed E-state index contributed by atoms with van der Waals surface area (Å²) in [5.41, 5.74) is 2.68. The number of thioether (sulfide) groups is 1. The molecule has 4 nitrogen and oxygen atoms in total. The van der Waals surface area contributed by atoms with Gasteiger partial charge in [-0.2, -0.15) is 11.8 Å². The molecule has 2 aromatic carbocycles. The van der Waals surface area contributed by atoms with Crippen LogP contribution in [0.3, 0.4) is 0 Å². The van der Waals surface area contributed by atoms with Crippen LogP contribution in [0.5, 0.6) is 5.75 Å². The van der Waals surface area contributed by atoms with Crippen molar-refractivity contribution in [2.45, 2.75) is 12.6 Å². The number of rotatable bonds is 7. The Morgan fingerprint density at radius 2 is 1.76 bits per heavy atom. The van der Waals surface area contributed by atoms with Crippen molar-refractivity contribution < 1.29 is 9.47 Å². The Hall–Kier alpha value is -1.24. The van der Waals surface area contributed by atoms with Gasteiger partial charge < -0.3 is 9.47 Å². The molecule has 29 heavy (non-hydrogen) atoms. The molecule has 0 spiro atoms. The Morgan fingerprint density at radius 1 is 1.00 bits per heavy atom. The predicted molar refractivity (Wildman–Crippen MR) is 121 cm³/mol. The van der Waals surface area contributed by atoms with Crippen LogP contribution in [0.1, 0.15) is 17.2 Å². The van der Waals surface area contributed by atoms with Gasteiger partial charge in [-0.05, 0) is 35.4 Å². The minimum absolute atomic E-state index is 0.440. The molecule has 2 heterocycles. The SMILES string of the molecule is Clc1ccc(C2CSCCN2Cc2ccc(OCCN3CCOCC3)cc2)cc1. The van der Waals surface area contributed by atoms with E-state index in [4.69, 9.17) is 21.1 Å². The summed E-state index contributed by atoms with van der Waals surface area (Å²) in [6.07, 6.45) is 0. The Labute approximate surface area is 183 Å². The van der Waals surface area contributed by atoms with Crippen molar-refractivity contribution >= 4 is 23.4 Å². The Kier molecular flexibility index (Phi) is 7.74. The molecule has 2 fully saturated rings. The monoisotopic (exact) mass is 432 g/mol. The zero-order chi connectivity index (χ0) is 19.9. The van der Waals surface area contributed by atoms with E-state index in [1.165, 1.54) is 16.9 Å². The summed E-state index contributed by atoms with van der Waals surface area (Å²) in [6, 6.07) is 17.4. The summed E-state index contributed by atoms with van der Waals surface area (Å²) in [7, 11) is 0. The van der Waals surface area contributed by atoms with E-state index in [0.717, 1.165) is 69.1 Å². The zero-order valence-corrected chi connectivity index (χ0v) is 18.3. The summed E-state index contributed by atoms with van der Waals surface area (Å²) in [5.74, 6) is 3.27. The molecule has 2 saturated heterocycles. The van der Waals surface area contributed by atoms with E-state index in [1.807, 2.05) is 23.9 Å². The van der Waals surface area contributed by atoms with E-state index >= 15 is 0 Å². The van der Waals surface area contributed by atoms with Crippen LogP contribution in [0.15, 0.2) is 48.5 Å². The summed E-state index contributed by atoms with van der Waals surface area (Å²) < 4.78 is 11.3. The molecule has 0 aromatic heterocycles. The van der Waals surface area contributed by atoms with Gasteiger partial charge in [-0.1, -0.05) is 35.9 Å². The van der Waals surface area contributed by atoms with Gasteiger partial charge in [0, 0.05) is 55.3 Å². The molecule has 2 aromatic rings. The van der Waals surface area contributed by atoms with Crippen LogP contribution in [0.2, 0.25) is 5.02 Å². The second-order valence-electron chi connectivity index (χ2n) is 7.56. The highest BCUT2D eigenvalue weighted by Crippen LogP contribution is 2.31. The second kappa shape index (κ2) is 10.7. The molecule has 0 bridgehead atoms. The van der Waals surface area contributed by atoms with Crippen molar-refractivity contribution in [1.82, 2.24) is 9.80 Å². The quantitative estimate of drug-likeness (QED) is 0.648. The third-order valence-corrected chi connectivity index (χ3v) is 6.86. The highest BCUT2D eigenvalue weighted by molar-refractivity contribution is 7.99.